The number of anilines is 1. The first-order valence-electron chi connectivity index (χ1n) is 7.07. The first kappa shape index (κ1) is 16.2. The molecule has 2 aromatic rings. The lowest BCUT2D eigenvalue weighted by Crippen LogP contribution is -2.23. The van der Waals surface area contributed by atoms with Crippen molar-refractivity contribution in [1.29, 1.82) is 0 Å². The molecule has 0 aliphatic rings. The number of hydrogen-bond donors (Lipinski definition) is 1. The minimum absolute atomic E-state index is 0.0811. The van der Waals surface area contributed by atoms with E-state index >= 15 is 0 Å². The third kappa shape index (κ3) is 4.17. The van der Waals surface area contributed by atoms with E-state index in [4.69, 9.17) is 0 Å². The van der Waals surface area contributed by atoms with E-state index < -0.39 is 0 Å². The standard InChI is InChI=1S/C15H19N5OS/c1-4-10-20-15(17-18-19-20)22-11(3)14(21)16-13-8-6-12(5-2)7-9-13/h4,6-9,11H,1,5,10H2,2-3H3,(H,16,21). The van der Waals surface area contributed by atoms with E-state index in [-0.39, 0.29) is 11.2 Å². The summed E-state index contributed by atoms with van der Waals surface area (Å²) in [5, 5.41) is 14.6. The van der Waals surface area contributed by atoms with E-state index in [1.165, 1.54) is 17.3 Å². The third-order valence-electron chi connectivity index (χ3n) is 3.08. The second kappa shape index (κ2) is 7.74. The van der Waals surface area contributed by atoms with E-state index in [2.05, 4.69) is 34.3 Å². The maximum absolute atomic E-state index is 12.2. The molecule has 1 atom stereocenters. The number of carbonyl (C=O) groups is 1. The smallest absolute Gasteiger partial charge is 0.237 e. The van der Waals surface area contributed by atoms with Crippen LogP contribution in [0.1, 0.15) is 19.4 Å². The summed E-state index contributed by atoms with van der Waals surface area (Å²) in [4.78, 5) is 12.2. The van der Waals surface area contributed by atoms with Crippen molar-refractivity contribution < 1.29 is 4.79 Å². The second-order valence-corrected chi connectivity index (χ2v) is 6.04. The Morgan fingerprint density at radius 2 is 2.18 bits per heavy atom. The molecule has 0 saturated heterocycles. The fraction of sp³-hybridized carbons (Fsp3) is 0.333. The van der Waals surface area contributed by atoms with Gasteiger partial charge in [0.15, 0.2) is 0 Å². The molecule has 0 spiro atoms. The summed E-state index contributed by atoms with van der Waals surface area (Å²) in [5.74, 6) is -0.0811. The fourth-order valence-corrected chi connectivity index (χ4v) is 2.60. The summed E-state index contributed by atoms with van der Waals surface area (Å²) in [6, 6.07) is 7.85. The van der Waals surface area contributed by atoms with Gasteiger partial charge in [-0.25, -0.2) is 4.68 Å². The number of benzene rings is 1. The molecule has 0 fully saturated rings. The van der Waals surface area contributed by atoms with Crippen LogP contribution in [0.5, 0.6) is 0 Å². The number of rotatable bonds is 7. The first-order valence-corrected chi connectivity index (χ1v) is 7.95. The van der Waals surface area contributed by atoms with Gasteiger partial charge in [0.1, 0.15) is 0 Å². The lowest BCUT2D eigenvalue weighted by atomic mass is 10.1. The number of aromatic nitrogens is 4. The molecule has 0 aliphatic heterocycles. The van der Waals surface area contributed by atoms with Crippen molar-refractivity contribution in [1.82, 2.24) is 20.2 Å². The van der Waals surface area contributed by atoms with Crippen LogP contribution in [0.15, 0.2) is 42.1 Å². The van der Waals surface area contributed by atoms with Crippen LogP contribution >= 0.6 is 11.8 Å². The molecule has 0 saturated carbocycles. The average Bonchev–Trinajstić information content (AvgIpc) is 2.95. The Morgan fingerprint density at radius 1 is 1.45 bits per heavy atom. The highest BCUT2D eigenvalue weighted by atomic mass is 32.2. The molecule has 116 valence electrons. The van der Waals surface area contributed by atoms with Crippen LogP contribution in [0, 0.1) is 0 Å². The highest BCUT2D eigenvalue weighted by Crippen LogP contribution is 2.21. The Bertz CT molecular complexity index is 638. The zero-order valence-electron chi connectivity index (χ0n) is 12.7. The van der Waals surface area contributed by atoms with Crippen molar-refractivity contribution in [3.63, 3.8) is 0 Å². The number of hydrogen-bond acceptors (Lipinski definition) is 5. The SMILES string of the molecule is C=CCn1nnnc1SC(C)C(=O)Nc1ccc(CC)cc1. The average molecular weight is 317 g/mol. The largest absolute Gasteiger partial charge is 0.325 e. The Balaban J connectivity index is 1.96. The highest BCUT2D eigenvalue weighted by molar-refractivity contribution is 8.00. The van der Waals surface area contributed by atoms with Gasteiger partial charge in [-0.3, -0.25) is 4.79 Å². The van der Waals surface area contributed by atoms with Gasteiger partial charge >= 0.3 is 0 Å². The molecule has 6 nitrogen and oxygen atoms in total. The third-order valence-corrected chi connectivity index (χ3v) is 4.15. The molecule has 1 aromatic heterocycles. The van der Waals surface area contributed by atoms with Crippen molar-refractivity contribution in [2.45, 2.75) is 37.2 Å². The molecule has 1 aromatic carbocycles. The van der Waals surface area contributed by atoms with Gasteiger partial charge in [-0.1, -0.05) is 36.9 Å². The van der Waals surface area contributed by atoms with Crippen LogP contribution in [0.4, 0.5) is 5.69 Å². The van der Waals surface area contributed by atoms with E-state index in [1.54, 1.807) is 10.8 Å². The van der Waals surface area contributed by atoms with Gasteiger partial charge in [-0.15, -0.1) is 11.7 Å². The normalized spacial score (nSPS) is 11.9. The molecule has 1 unspecified atom stereocenters. The summed E-state index contributed by atoms with van der Waals surface area (Å²) in [5.41, 5.74) is 2.03. The molecule has 1 amide bonds. The topological polar surface area (TPSA) is 72.7 Å². The molecular weight excluding hydrogens is 298 g/mol. The molecule has 2 rings (SSSR count). The van der Waals surface area contributed by atoms with Gasteiger partial charge in [0.05, 0.1) is 11.8 Å². The predicted octanol–water partition coefficient (Wildman–Crippen LogP) is 2.54. The van der Waals surface area contributed by atoms with Gasteiger partial charge in [-0.05, 0) is 41.5 Å². The van der Waals surface area contributed by atoms with Gasteiger partial charge in [-0.2, -0.15) is 0 Å². The number of amides is 1. The monoisotopic (exact) mass is 317 g/mol. The van der Waals surface area contributed by atoms with Crippen LogP contribution in [0.25, 0.3) is 0 Å². The zero-order valence-corrected chi connectivity index (χ0v) is 13.5. The van der Waals surface area contributed by atoms with Crippen molar-refractivity contribution >= 4 is 23.4 Å². The molecule has 7 heteroatoms. The summed E-state index contributed by atoms with van der Waals surface area (Å²) < 4.78 is 1.61. The fourth-order valence-electron chi connectivity index (χ4n) is 1.80. The summed E-state index contributed by atoms with van der Waals surface area (Å²) in [6.45, 7) is 8.10. The van der Waals surface area contributed by atoms with E-state index in [0.29, 0.717) is 11.7 Å². The molecule has 0 bridgehead atoms. The molecule has 22 heavy (non-hydrogen) atoms. The van der Waals surface area contributed by atoms with E-state index in [1.807, 2.05) is 31.2 Å². The Kier molecular flexibility index (Phi) is 5.71. The Morgan fingerprint density at radius 3 is 2.82 bits per heavy atom. The molecule has 0 radical (unpaired) electrons. The number of thioether (sulfide) groups is 1. The van der Waals surface area contributed by atoms with E-state index in [9.17, 15) is 4.79 Å². The highest BCUT2D eigenvalue weighted by Gasteiger charge is 2.18. The van der Waals surface area contributed by atoms with Crippen LogP contribution in [0.3, 0.4) is 0 Å². The maximum atomic E-state index is 12.2. The number of carbonyl (C=O) groups excluding carboxylic acids is 1. The molecule has 0 aliphatic carbocycles. The van der Waals surface area contributed by atoms with Crippen LogP contribution < -0.4 is 5.32 Å². The number of nitrogens with zero attached hydrogens (tertiary/aromatic N) is 4. The van der Waals surface area contributed by atoms with Crippen molar-refractivity contribution in [3.05, 3.63) is 42.5 Å². The summed E-state index contributed by atoms with van der Waals surface area (Å²) in [6.07, 6.45) is 2.69. The molecular formula is C15H19N5OS. The summed E-state index contributed by atoms with van der Waals surface area (Å²) in [7, 11) is 0. The van der Waals surface area contributed by atoms with Crippen molar-refractivity contribution in [3.8, 4) is 0 Å². The molecule has 1 N–H and O–H groups in total. The number of allylic oxidation sites excluding steroid dienone is 1. The van der Waals surface area contributed by atoms with Crippen molar-refractivity contribution in [2.24, 2.45) is 0 Å². The quantitative estimate of drug-likeness (QED) is 0.627. The maximum Gasteiger partial charge on any atom is 0.237 e. The van der Waals surface area contributed by atoms with Crippen molar-refractivity contribution in [2.75, 3.05) is 5.32 Å². The van der Waals surface area contributed by atoms with Crippen LogP contribution in [0.2, 0.25) is 0 Å². The van der Waals surface area contributed by atoms with Gasteiger partial charge in [0, 0.05) is 5.69 Å². The Labute approximate surface area is 134 Å². The number of nitrogens with one attached hydrogen (secondary N) is 1. The van der Waals surface area contributed by atoms with Crippen LogP contribution in [-0.2, 0) is 17.8 Å². The second-order valence-electron chi connectivity index (χ2n) is 4.73. The predicted molar refractivity (Wildman–Crippen MR) is 87.8 cm³/mol. The summed E-state index contributed by atoms with van der Waals surface area (Å²) >= 11 is 1.32. The minimum Gasteiger partial charge on any atom is -0.325 e. The minimum atomic E-state index is -0.305. The van der Waals surface area contributed by atoms with Gasteiger partial charge in [0.2, 0.25) is 11.1 Å². The molecule has 1 heterocycles. The Hall–Kier alpha value is -2.15. The lowest BCUT2D eigenvalue weighted by molar-refractivity contribution is -0.115. The van der Waals surface area contributed by atoms with Gasteiger partial charge in [0.25, 0.3) is 0 Å². The van der Waals surface area contributed by atoms with Crippen LogP contribution in [-0.4, -0.2) is 31.4 Å². The van der Waals surface area contributed by atoms with Gasteiger partial charge < -0.3 is 5.32 Å². The zero-order chi connectivity index (χ0) is 15.9. The van der Waals surface area contributed by atoms with E-state index in [0.717, 1.165) is 12.1 Å². The lowest BCUT2D eigenvalue weighted by Gasteiger charge is -2.11. The first-order chi connectivity index (χ1) is 10.6. The number of tetrazole rings is 1. The number of aryl methyl sites for hydroxylation is 1.